The molecule has 0 radical (unpaired) electrons. The summed E-state index contributed by atoms with van der Waals surface area (Å²) in [4.78, 5) is 17.3. The first kappa shape index (κ1) is 21.2. The summed E-state index contributed by atoms with van der Waals surface area (Å²) in [5.41, 5.74) is 4.07. The molecular formula is C26H24N2O4. The number of methoxy groups -OCH3 is 2. The molecule has 0 aliphatic heterocycles. The fourth-order valence-corrected chi connectivity index (χ4v) is 3.38. The van der Waals surface area contributed by atoms with Gasteiger partial charge in [-0.2, -0.15) is 0 Å². The summed E-state index contributed by atoms with van der Waals surface area (Å²) >= 11 is 0. The molecule has 0 aliphatic carbocycles. The second-order valence-electron chi connectivity index (χ2n) is 7.31. The predicted molar refractivity (Wildman–Crippen MR) is 123 cm³/mol. The van der Waals surface area contributed by atoms with E-state index in [0.717, 1.165) is 11.1 Å². The van der Waals surface area contributed by atoms with Crippen molar-refractivity contribution in [1.82, 2.24) is 10.3 Å². The molecule has 0 bridgehead atoms. The molecule has 1 N–H and O–H groups in total. The van der Waals surface area contributed by atoms with Crippen LogP contribution in [0.4, 0.5) is 0 Å². The summed E-state index contributed by atoms with van der Waals surface area (Å²) in [6, 6.07) is 20.8. The van der Waals surface area contributed by atoms with Gasteiger partial charge in [-0.25, -0.2) is 4.98 Å². The standard InChI is InChI=1S/C26H24N2O4/c1-17-8-10-18(11-9-17)15-27-25(29)20-6-4-5-7-21(20)26-28-16-24(32-26)22-13-12-19(30-2)14-23(22)31-3/h4-14,16H,15H2,1-3H3,(H,27,29). The highest BCUT2D eigenvalue weighted by atomic mass is 16.5. The number of rotatable bonds is 7. The maximum absolute atomic E-state index is 12.9. The van der Waals surface area contributed by atoms with Gasteiger partial charge >= 0.3 is 0 Å². The Balaban J connectivity index is 1.59. The first-order chi connectivity index (χ1) is 15.6. The zero-order chi connectivity index (χ0) is 22.5. The average Bonchev–Trinajstić information content (AvgIpc) is 3.33. The predicted octanol–water partition coefficient (Wildman–Crippen LogP) is 5.26. The van der Waals surface area contributed by atoms with Gasteiger partial charge in [-0.05, 0) is 36.8 Å². The van der Waals surface area contributed by atoms with Crippen molar-refractivity contribution < 1.29 is 18.7 Å². The molecule has 162 valence electrons. The molecule has 32 heavy (non-hydrogen) atoms. The molecule has 0 atom stereocenters. The minimum atomic E-state index is -0.192. The Morgan fingerprint density at radius 2 is 1.75 bits per heavy atom. The number of carbonyl (C=O) groups is 1. The second-order valence-corrected chi connectivity index (χ2v) is 7.31. The van der Waals surface area contributed by atoms with Gasteiger partial charge in [0.2, 0.25) is 5.89 Å². The zero-order valence-corrected chi connectivity index (χ0v) is 18.2. The van der Waals surface area contributed by atoms with E-state index < -0.39 is 0 Å². The number of amides is 1. The third-order valence-corrected chi connectivity index (χ3v) is 5.16. The van der Waals surface area contributed by atoms with Crippen molar-refractivity contribution >= 4 is 5.91 Å². The molecule has 0 aliphatic rings. The van der Waals surface area contributed by atoms with E-state index in [9.17, 15) is 4.79 Å². The van der Waals surface area contributed by atoms with E-state index >= 15 is 0 Å². The summed E-state index contributed by atoms with van der Waals surface area (Å²) < 4.78 is 16.7. The highest BCUT2D eigenvalue weighted by Crippen LogP contribution is 2.35. The van der Waals surface area contributed by atoms with Crippen molar-refractivity contribution in [3.63, 3.8) is 0 Å². The van der Waals surface area contributed by atoms with Crippen LogP contribution < -0.4 is 14.8 Å². The number of benzene rings is 3. The fourth-order valence-electron chi connectivity index (χ4n) is 3.38. The largest absolute Gasteiger partial charge is 0.497 e. The molecule has 4 rings (SSSR count). The van der Waals surface area contributed by atoms with Crippen LogP contribution in [0, 0.1) is 6.92 Å². The minimum Gasteiger partial charge on any atom is -0.497 e. The van der Waals surface area contributed by atoms with Gasteiger partial charge in [-0.15, -0.1) is 0 Å². The Hall–Kier alpha value is -4.06. The quantitative estimate of drug-likeness (QED) is 0.434. The molecule has 0 saturated carbocycles. The lowest BCUT2D eigenvalue weighted by molar-refractivity contribution is 0.0951. The molecule has 0 unspecified atom stereocenters. The average molecular weight is 428 g/mol. The second kappa shape index (κ2) is 9.39. The third kappa shape index (κ3) is 4.49. The van der Waals surface area contributed by atoms with E-state index in [1.807, 2.05) is 61.5 Å². The van der Waals surface area contributed by atoms with Crippen molar-refractivity contribution in [2.75, 3.05) is 14.2 Å². The Bertz CT molecular complexity index is 1230. The van der Waals surface area contributed by atoms with E-state index in [1.54, 1.807) is 32.5 Å². The molecule has 1 heterocycles. The molecular weight excluding hydrogens is 404 g/mol. The molecule has 0 spiro atoms. The number of aryl methyl sites for hydroxylation is 1. The van der Waals surface area contributed by atoms with Crippen molar-refractivity contribution in [1.29, 1.82) is 0 Å². The number of hydrogen-bond acceptors (Lipinski definition) is 5. The maximum Gasteiger partial charge on any atom is 0.252 e. The maximum atomic E-state index is 12.9. The number of ether oxygens (including phenoxy) is 2. The van der Waals surface area contributed by atoms with Crippen LogP contribution in [-0.4, -0.2) is 25.1 Å². The summed E-state index contributed by atoms with van der Waals surface area (Å²) in [5, 5.41) is 2.97. The Morgan fingerprint density at radius 3 is 2.50 bits per heavy atom. The SMILES string of the molecule is COc1ccc(-c2cnc(-c3ccccc3C(=O)NCc3ccc(C)cc3)o2)c(OC)c1. The van der Waals surface area contributed by atoms with E-state index in [1.165, 1.54) is 5.56 Å². The van der Waals surface area contributed by atoms with Crippen LogP contribution in [0.3, 0.4) is 0 Å². The first-order valence-electron chi connectivity index (χ1n) is 10.2. The molecule has 4 aromatic rings. The Morgan fingerprint density at radius 1 is 0.969 bits per heavy atom. The van der Waals surface area contributed by atoms with Crippen molar-refractivity contribution in [3.8, 4) is 34.3 Å². The molecule has 6 heteroatoms. The molecule has 6 nitrogen and oxygen atoms in total. The van der Waals surface area contributed by atoms with Gasteiger partial charge in [0.05, 0.1) is 31.5 Å². The van der Waals surface area contributed by atoms with Gasteiger partial charge in [-0.3, -0.25) is 4.79 Å². The van der Waals surface area contributed by atoms with Crippen LogP contribution >= 0.6 is 0 Å². The Labute approximate surface area is 186 Å². The van der Waals surface area contributed by atoms with Crippen LogP contribution in [0.2, 0.25) is 0 Å². The van der Waals surface area contributed by atoms with Gasteiger partial charge in [0, 0.05) is 18.2 Å². The molecule has 0 fully saturated rings. The lowest BCUT2D eigenvalue weighted by Crippen LogP contribution is -2.23. The molecule has 1 amide bonds. The van der Waals surface area contributed by atoms with Crippen LogP contribution in [-0.2, 0) is 6.54 Å². The zero-order valence-electron chi connectivity index (χ0n) is 18.2. The number of aromatic nitrogens is 1. The summed E-state index contributed by atoms with van der Waals surface area (Å²) in [5.74, 6) is 1.99. The molecule has 3 aromatic carbocycles. The monoisotopic (exact) mass is 428 g/mol. The summed E-state index contributed by atoms with van der Waals surface area (Å²) in [6.45, 7) is 2.47. The highest BCUT2D eigenvalue weighted by molar-refractivity contribution is 6.00. The highest BCUT2D eigenvalue weighted by Gasteiger charge is 2.18. The van der Waals surface area contributed by atoms with E-state index in [4.69, 9.17) is 13.9 Å². The van der Waals surface area contributed by atoms with E-state index in [2.05, 4.69) is 10.3 Å². The molecule has 0 saturated heterocycles. The van der Waals surface area contributed by atoms with Gasteiger partial charge in [0.15, 0.2) is 5.76 Å². The van der Waals surface area contributed by atoms with E-state index in [0.29, 0.717) is 40.8 Å². The van der Waals surface area contributed by atoms with Crippen LogP contribution in [0.25, 0.3) is 22.8 Å². The number of hydrogen-bond donors (Lipinski definition) is 1. The normalized spacial score (nSPS) is 10.6. The number of oxazole rings is 1. The lowest BCUT2D eigenvalue weighted by Gasteiger charge is -2.09. The summed E-state index contributed by atoms with van der Waals surface area (Å²) in [7, 11) is 3.19. The van der Waals surface area contributed by atoms with Crippen molar-refractivity contribution in [2.45, 2.75) is 13.5 Å². The molecule has 1 aromatic heterocycles. The fraction of sp³-hybridized carbons (Fsp3) is 0.154. The smallest absolute Gasteiger partial charge is 0.252 e. The van der Waals surface area contributed by atoms with Crippen LogP contribution in [0.5, 0.6) is 11.5 Å². The van der Waals surface area contributed by atoms with Gasteiger partial charge in [0.1, 0.15) is 11.5 Å². The first-order valence-corrected chi connectivity index (χ1v) is 10.2. The van der Waals surface area contributed by atoms with E-state index in [-0.39, 0.29) is 5.91 Å². The van der Waals surface area contributed by atoms with Gasteiger partial charge < -0.3 is 19.2 Å². The Kier molecular flexibility index (Phi) is 6.22. The lowest BCUT2D eigenvalue weighted by atomic mass is 10.1. The number of nitrogens with one attached hydrogen (secondary N) is 1. The minimum absolute atomic E-state index is 0.192. The van der Waals surface area contributed by atoms with Gasteiger partial charge in [-0.1, -0.05) is 42.0 Å². The third-order valence-electron chi connectivity index (χ3n) is 5.16. The van der Waals surface area contributed by atoms with Crippen molar-refractivity contribution in [3.05, 3.63) is 89.6 Å². The number of nitrogens with zero attached hydrogens (tertiary/aromatic N) is 1. The topological polar surface area (TPSA) is 73.6 Å². The van der Waals surface area contributed by atoms with Gasteiger partial charge in [0.25, 0.3) is 5.91 Å². The number of carbonyl (C=O) groups excluding carboxylic acids is 1. The van der Waals surface area contributed by atoms with Crippen molar-refractivity contribution in [2.24, 2.45) is 0 Å². The summed E-state index contributed by atoms with van der Waals surface area (Å²) in [6.07, 6.45) is 1.63. The van der Waals surface area contributed by atoms with Crippen LogP contribution in [0.15, 0.2) is 77.3 Å². The van der Waals surface area contributed by atoms with Crippen LogP contribution in [0.1, 0.15) is 21.5 Å².